The fraction of sp³-hybridized carbons (Fsp3) is 0.400. The first-order chi connectivity index (χ1) is 10.2. The van der Waals surface area contributed by atoms with E-state index in [1.54, 1.807) is 0 Å². The largest absolute Gasteiger partial charge is 0.313 e. The Kier molecular flexibility index (Phi) is 4.40. The molecule has 1 aliphatic rings. The van der Waals surface area contributed by atoms with E-state index in [0.717, 1.165) is 19.4 Å². The molecule has 1 nitrogen and oxygen atoms in total. The first-order valence-corrected chi connectivity index (χ1v) is 8.05. The van der Waals surface area contributed by atoms with Crippen molar-refractivity contribution in [3.8, 4) is 0 Å². The second-order valence-electron chi connectivity index (χ2n) is 6.77. The summed E-state index contributed by atoms with van der Waals surface area (Å²) in [5.41, 5.74) is 3.41. The molecule has 21 heavy (non-hydrogen) atoms. The zero-order valence-electron chi connectivity index (χ0n) is 12.9. The maximum atomic E-state index is 3.82. The van der Waals surface area contributed by atoms with Crippen molar-refractivity contribution in [3.63, 3.8) is 0 Å². The summed E-state index contributed by atoms with van der Waals surface area (Å²) in [7, 11) is 0. The summed E-state index contributed by atoms with van der Waals surface area (Å²) in [6, 6.07) is 22.2. The van der Waals surface area contributed by atoms with Gasteiger partial charge in [0.2, 0.25) is 0 Å². The molecule has 2 aromatic carbocycles. The quantitative estimate of drug-likeness (QED) is 0.799. The van der Waals surface area contributed by atoms with Crippen molar-refractivity contribution < 1.29 is 0 Å². The van der Waals surface area contributed by atoms with Gasteiger partial charge in [0.1, 0.15) is 0 Å². The van der Waals surface area contributed by atoms with Gasteiger partial charge in [0.25, 0.3) is 0 Å². The maximum absolute atomic E-state index is 3.82. The molecule has 1 N–H and O–H groups in total. The average Bonchev–Trinajstić information content (AvgIpc) is 3.25. The maximum Gasteiger partial charge on any atom is 0.0148 e. The van der Waals surface area contributed by atoms with Crippen molar-refractivity contribution in [2.24, 2.45) is 5.41 Å². The molecular formula is C20H25N. The van der Waals surface area contributed by atoms with Crippen LogP contribution in [0.3, 0.4) is 0 Å². The van der Waals surface area contributed by atoms with Crippen LogP contribution in [0.1, 0.15) is 30.9 Å². The third kappa shape index (κ3) is 4.44. The van der Waals surface area contributed by atoms with E-state index >= 15 is 0 Å². The second-order valence-corrected chi connectivity index (χ2v) is 6.77. The van der Waals surface area contributed by atoms with Crippen LogP contribution in [0, 0.1) is 5.41 Å². The minimum atomic E-state index is 0.521. The van der Waals surface area contributed by atoms with Gasteiger partial charge in [-0.15, -0.1) is 0 Å². The van der Waals surface area contributed by atoms with E-state index in [1.165, 1.54) is 24.0 Å². The zero-order chi connectivity index (χ0) is 14.5. The van der Waals surface area contributed by atoms with Gasteiger partial charge in [0.15, 0.2) is 0 Å². The van der Waals surface area contributed by atoms with Gasteiger partial charge in [-0.05, 0) is 42.2 Å². The highest BCUT2D eigenvalue weighted by molar-refractivity contribution is 5.19. The average molecular weight is 279 g/mol. The minimum Gasteiger partial charge on any atom is -0.313 e. The first kappa shape index (κ1) is 14.3. The fourth-order valence-electron chi connectivity index (χ4n) is 2.79. The molecule has 0 bridgehead atoms. The van der Waals surface area contributed by atoms with Gasteiger partial charge in [-0.25, -0.2) is 0 Å². The van der Waals surface area contributed by atoms with Crippen molar-refractivity contribution in [2.45, 2.75) is 38.6 Å². The summed E-state index contributed by atoms with van der Waals surface area (Å²) in [5.74, 6) is 0. The SMILES string of the molecule is CC1(CNC(Cc2ccccc2)Cc2ccccc2)CC1. The van der Waals surface area contributed by atoms with Crippen molar-refractivity contribution in [1.29, 1.82) is 0 Å². The lowest BCUT2D eigenvalue weighted by Gasteiger charge is -2.21. The summed E-state index contributed by atoms with van der Waals surface area (Å²) in [6.07, 6.45) is 4.96. The summed E-state index contributed by atoms with van der Waals surface area (Å²) < 4.78 is 0. The molecule has 2 aromatic rings. The monoisotopic (exact) mass is 279 g/mol. The molecule has 1 heteroatoms. The lowest BCUT2D eigenvalue weighted by Crippen LogP contribution is -2.36. The fourth-order valence-corrected chi connectivity index (χ4v) is 2.79. The van der Waals surface area contributed by atoms with Gasteiger partial charge < -0.3 is 5.32 Å². The van der Waals surface area contributed by atoms with Crippen molar-refractivity contribution in [1.82, 2.24) is 5.32 Å². The van der Waals surface area contributed by atoms with Crippen molar-refractivity contribution in [3.05, 3.63) is 71.8 Å². The molecule has 110 valence electrons. The third-order valence-electron chi connectivity index (χ3n) is 4.57. The highest BCUT2D eigenvalue weighted by Gasteiger charge is 2.37. The van der Waals surface area contributed by atoms with Crippen LogP contribution in [0.25, 0.3) is 0 Å². The molecule has 0 saturated heterocycles. The van der Waals surface area contributed by atoms with E-state index in [2.05, 4.69) is 72.9 Å². The van der Waals surface area contributed by atoms with E-state index in [4.69, 9.17) is 0 Å². The Balaban J connectivity index is 1.64. The summed E-state index contributed by atoms with van der Waals surface area (Å²) in [4.78, 5) is 0. The Morgan fingerprint density at radius 1 is 0.857 bits per heavy atom. The Morgan fingerprint density at radius 2 is 1.33 bits per heavy atom. The minimum absolute atomic E-state index is 0.521. The first-order valence-electron chi connectivity index (χ1n) is 8.05. The van der Waals surface area contributed by atoms with Gasteiger partial charge in [0.05, 0.1) is 0 Å². The normalized spacial score (nSPS) is 16.1. The number of benzene rings is 2. The van der Waals surface area contributed by atoms with Crippen LogP contribution in [0.15, 0.2) is 60.7 Å². The van der Waals surface area contributed by atoms with Crippen molar-refractivity contribution >= 4 is 0 Å². The molecule has 0 unspecified atom stereocenters. The topological polar surface area (TPSA) is 12.0 Å². The molecule has 0 aliphatic heterocycles. The molecule has 0 aromatic heterocycles. The lowest BCUT2D eigenvalue weighted by atomic mass is 9.98. The second kappa shape index (κ2) is 6.44. The Labute approximate surface area is 128 Å². The van der Waals surface area contributed by atoms with Crippen LogP contribution in [-0.2, 0) is 12.8 Å². The molecular weight excluding hydrogens is 254 g/mol. The Hall–Kier alpha value is -1.60. The molecule has 0 heterocycles. The summed E-state index contributed by atoms with van der Waals surface area (Å²) in [6.45, 7) is 3.54. The molecule has 1 fully saturated rings. The standard InChI is InChI=1S/C20H25N/c1-20(12-13-20)16-21-19(14-17-8-4-2-5-9-17)15-18-10-6-3-7-11-18/h2-11,19,21H,12-16H2,1H3. The molecule has 1 saturated carbocycles. The molecule has 0 spiro atoms. The van der Waals surface area contributed by atoms with Crippen LogP contribution in [0.2, 0.25) is 0 Å². The van der Waals surface area contributed by atoms with E-state index < -0.39 is 0 Å². The van der Waals surface area contributed by atoms with E-state index in [1.807, 2.05) is 0 Å². The van der Waals surface area contributed by atoms with Crippen LogP contribution in [-0.4, -0.2) is 12.6 Å². The van der Waals surface area contributed by atoms with Crippen LogP contribution < -0.4 is 5.32 Å². The number of hydrogen-bond donors (Lipinski definition) is 1. The number of rotatable bonds is 7. The Bertz CT molecular complexity index is 501. The molecule has 0 radical (unpaired) electrons. The number of hydrogen-bond acceptors (Lipinski definition) is 1. The third-order valence-corrected chi connectivity index (χ3v) is 4.57. The van der Waals surface area contributed by atoms with Crippen LogP contribution >= 0.6 is 0 Å². The predicted molar refractivity (Wildman–Crippen MR) is 89.4 cm³/mol. The smallest absolute Gasteiger partial charge is 0.0148 e. The summed E-state index contributed by atoms with van der Waals surface area (Å²) >= 11 is 0. The Morgan fingerprint density at radius 3 is 1.76 bits per heavy atom. The summed E-state index contributed by atoms with van der Waals surface area (Å²) in [5, 5.41) is 3.82. The highest BCUT2D eigenvalue weighted by Crippen LogP contribution is 2.44. The van der Waals surface area contributed by atoms with E-state index in [9.17, 15) is 0 Å². The molecule has 1 aliphatic carbocycles. The van der Waals surface area contributed by atoms with Gasteiger partial charge >= 0.3 is 0 Å². The van der Waals surface area contributed by atoms with Gasteiger partial charge in [0, 0.05) is 12.6 Å². The predicted octanol–water partition coefficient (Wildman–Crippen LogP) is 4.23. The van der Waals surface area contributed by atoms with Crippen molar-refractivity contribution in [2.75, 3.05) is 6.54 Å². The zero-order valence-corrected chi connectivity index (χ0v) is 12.9. The van der Waals surface area contributed by atoms with Crippen LogP contribution in [0.4, 0.5) is 0 Å². The molecule has 3 rings (SSSR count). The van der Waals surface area contributed by atoms with Gasteiger partial charge in [-0.1, -0.05) is 67.6 Å². The molecule has 0 amide bonds. The highest BCUT2D eigenvalue weighted by atomic mass is 14.9. The number of nitrogens with one attached hydrogen (secondary N) is 1. The van der Waals surface area contributed by atoms with Gasteiger partial charge in [-0.2, -0.15) is 0 Å². The van der Waals surface area contributed by atoms with Crippen LogP contribution in [0.5, 0.6) is 0 Å². The lowest BCUT2D eigenvalue weighted by molar-refractivity contribution is 0.428. The van der Waals surface area contributed by atoms with Gasteiger partial charge in [-0.3, -0.25) is 0 Å². The van der Waals surface area contributed by atoms with E-state index in [-0.39, 0.29) is 0 Å². The molecule has 0 atom stereocenters. The van der Waals surface area contributed by atoms with E-state index in [0.29, 0.717) is 11.5 Å².